The maximum atomic E-state index is 12.5. The van der Waals surface area contributed by atoms with Crippen LogP contribution in [0.3, 0.4) is 0 Å². The molecule has 0 radical (unpaired) electrons. The van der Waals surface area contributed by atoms with Gasteiger partial charge in [0.05, 0.1) is 10.8 Å². The molecule has 8 nitrogen and oxygen atoms in total. The largest absolute Gasteiger partial charge is 0.339 e. The van der Waals surface area contributed by atoms with Crippen LogP contribution in [0.15, 0.2) is 64.0 Å². The Bertz CT molecular complexity index is 1200. The van der Waals surface area contributed by atoms with Gasteiger partial charge in [-0.15, -0.1) is 0 Å². The van der Waals surface area contributed by atoms with E-state index in [9.17, 15) is 13.2 Å². The standard InChI is InChI=1S/C23H24N4O4S/c28-21-14-17(15-27(21)19-6-4-5-7-19)23-24-22(25-31-23)16-10-12-18(13-11-16)26-32(29,30)20-8-2-1-3-9-20/h1-3,8-13,17,19,26H,4-7,14-15H2. The Morgan fingerprint density at radius 1 is 1.00 bits per heavy atom. The van der Waals surface area contributed by atoms with Gasteiger partial charge in [0.1, 0.15) is 0 Å². The van der Waals surface area contributed by atoms with Gasteiger partial charge in [0, 0.05) is 30.3 Å². The van der Waals surface area contributed by atoms with E-state index in [1.54, 1.807) is 54.6 Å². The first-order valence-corrected chi connectivity index (χ1v) is 12.3. The smallest absolute Gasteiger partial charge is 0.261 e. The molecule has 1 N–H and O–H groups in total. The Balaban J connectivity index is 1.27. The van der Waals surface area contributed by atoms with Crippen molar-refractivity contribution in [1.82, 2.24) is 15.0 Å². The van der Waals surface area contributed by atoms with Gasteiger partial charge in [0.25, 0.3) is 10.0 Å². The minimum absolute atomic E-state index is 0.0821. The summed E-state index contributed by atoms with van der Waals surface area (Å²) in [6.45, 7) is 0.630. The van der Waals surface area contributed by atoms with Gasteiger partial charge in [-0.05, 0) is 49.2 Å². The molecule has 2 fully saturated rings. The number of hydrogen-bond acceptors (Lipinski definition) is 6. The molecular formula is C23H24N4O4S. The van der Waals surface area contributed by atoms with Crippen molar-refractivity contribution in [3.63, 3.8) is 0 Å². The Labute approximate surface area is 186 Å². The molecule has 1 amide bonds. The molecular weight excluding hydrogens is 428 g/mol. The van der Waals surface area contributed by atoms with Crippen molar-refractivity contribution in [3.8, 4) is 11.4 Å². The van der Waals surface area contributed by atoms with Crippen molar-refractivity contribution < 1.29 is 17.7 Å². The van der Waals surface area contributed by atoms with Crippen molar-refractivity contribution in [1.29, 1.82) is 0 Å². The summed E-state index contributed by atoms with van der Waals surface area (Å²) >= 11 is 0. The fourth-order valence-corrected chi connectivity index (χ4v) is 5.56. The summed E-state index contributed by atoms with van der Waals surface area (Å²) in [5.41, 5.74) is 1.15. The lowest BCUT2D eigenvalue weighted by atomic mass is 10.1. The molecule has 5 rings (SSSR count). The van der Waals surface area contributed by atoms with Gasteiger partial charge in [-0.1, -0.05) is 36.2 Å². The number of carbonyl (C=O) groups excluding carboxylic acids is 1. The van der Waals surface area contributed by atoms with Crippen LogP contribution >= 0.6 is 0 Å². The van der Waals surface area contributed by atoms with Crippen LogP contribution in [0.1, 0.15) is 43.9 Å². The minimum Gasteiger partial charge on any atom is -0.339 e. The number of aromatic nitrogens is 2. The molecule has 0 spiro atoms. The number of amides is 1. The predicted octanol–water partition coefficient (Wildman–Crippen LogP) is 3.80. The fourth-order valence-electron chi connectivity index (χ4n) is 4.49. The van der Waals surface area contributed by atoms with Crippen LogP contribution in [0.25, 0.3) is 11.4 Å². The molecule has 0 bridgehead atoms. The number of sulfonamides is 1. The van der Waals surface area contributed by atoms with Crippen LogP contribution in [-0.2, 0) is 14.8 Å². The Morgan fingerprint density at radius 2 is 1.72 bits per heavy atom. The van der Waals surface area contributed by atoms with Gasteiger partial charge in [-0.25, -0.2) is 8.42 Å². The summed E-state index contributed by atoms with van der Waals surface area (Å²) in [5, 5.41) is 4.08. The maximum Gasteiger partial charge on any atom is 0.261 e. The van der Waals surface area contributed by atoms with E-state index >= 15 is 0 Å². The fraction of sp³-hybridized carbons (Fsp3) is 0.348. The Hall–Kier alpha value is -3.20. The van der Waals surface area contributed by atoms with E-state index < -0.39 is 10.0 Å². The number of hydrogen-bond donors (Lipinski definition) is 1. The normalized spacial score (nSPS) is 19.6. The van der Waals surface area contributed by atoms with Crippen molar-refractivity contribution >= 4 is 21.6 Å². The third kappa shape index (κ3) is 4.12. The zero-order chi connectivity index (χ0) is 22.1. The van der Waals surface area contributed by atoms with Gasteiger partial charge in [0.15, 0.2) is 0 Å². The third-order valence-electron chi connectivity index (χ3n) is 6.16. The van der Waals surface area contributed by atoms with Gasteiger partial charge < -0.3 is 9.42 Å². The zero-order valence-electron chi connectivity index (χ0n) is 17.5. The summed E-state index contributed by atoms with van der Waals surface area (Å²) in [6.07, 6.45) is 4.92. The monoisotopic (exact) mass is 452 g/mol. The van der Waals surface area contributed by atoms with Gasteiger partial charge in [-0.3, -0.25) is 9.52 Å². The summed E-state index contributed by atoms with van der Waals surface area (Å²) in [6, 6.07) is 15.3. The molecule has 1 saturated heterocycles. The van der Waals surface area contributed by atoms with Crippen molar-refractivity contribution in [2.24, 2.45) is 0 Å². The van der Waals surface area contributed by atoms with Gasteiger partial charge in [-0.2, -0.15) is 4.98 Å². The molecule has 1 aliphatic heterocycles. The summed E-state index contributed by atoms with van der Waals surface area (Å²) in [4.78, 5) is 19.2. The summed E-state index contributed by atoms with van der Waals surface area (Å²) in [7, 11) is -3.65. The highest BCUT2D eigenvalue weighted by molar-refractivity contribution is 7.92. The number of benzene rings is 2. The number of nitrogens with one attached hydrogen (secondary N) is 1. The molecule has 1 saturated carbocycles. The van der Waals surface area contributed by atoms with Crippen molar-refractivity contribution in [3.05, 3.63) is 60.5 Å². The van der Waals surface area contributed by atoms with Crippen LogP contribution in [0, 0.1) is 0 Å². The third-order valence-corrected chi connectivity index (χ3v) is 7.56. The Kier molecular flexibility index (Phi) is 5.42. The van der Waals surface area contributed by atoms with E-state index in [1.807, 2.05) is 4.90 Å². The lowest BCUT2D eigenvalue weighted by Crippen LogP contribution is -2.34. The van der Waals surface area contributed by atoms with E-state index in [0.29, 0.717) is 42.0 Å². The minimum atomic E-state index is -3.65. The second-order valence-electron chi connectivity index (χ2n) is 8.34. The first kappa shape index (κ1) is 20.7. The SMILES string of the molecule is O=C1CC(c2nc(-c3ccc(NS(=O)(=O)c4ccccc4)cc3)no2)CN1C1CCCC1. The molecule has 166 valence electrons. The highest BCUT2D eigenvalue weighted by atomic mass is 32.2. The average Bonchev–Trinajstić information content (AvgIpc) is 3.55. The average molecular weight is 453 g/mol. The van der Waals surface area contributed by atoms with Crippen molar-refractivity contribution in [2.75, 3.05) is 11.3 Å². The number of carbonyl (C=O) groups is 1. The van der Waals surface area contributed by atoms with Crippen LogP contribution in [-0.4, -0.2) is 42.0 Å². The Morgan fingerprint density at radius 3 is 2.44 bits per heavy atom. The molecule has 2 heterocycles. The molecule has 3 aromatic rings. The van der Waals surface area contributed by atoms with E-state index in [2.05, 4.69) is 14.9 Å². The molecule has 1 unspecified atom stereocenters. The summed E-state index contributed by atoms with van der Waals surface area (Å²) < 4.78 is 33.0. The number of rotatable bonds is 6. The first-order valence-electron chi connectivity index (χ1n) is 10.8. The topological polar surface area (TPSA) is 105 Å². The second-order valence-corrected chi connectivity index (χ2v) is 10.0. The van der Waals surface area contributed by atoms with E-state index in [-0.39, 0.29) is 16.7 Å². The quantitative estimate of drug-likeness (QED) is 0.610. The van der Waals surface area contributed by atoms with Crippen LogP contribution in [0.5, 0.6) is 0 Å². The van der Waals surface area contributed by atoms with Crippen LogP contribution < -0.4 is 4.72 Å². The highest BCUT2D eigenvalue weighted by Crippen LogP contribution is 2.34. The van der Waals surface area contributed by atoms with E-state index in [0.717, 1.165) is 12.8 Å². The van der Waals surface area contributed by atoms with Crippen LogP contribution in [0.4, 0.5) is 5.69 Å². The predicted molar refractivity (Wildman–Crippen MR) is 118 cm³/mol. The van der Waals surface area contributed by atoms with Crippen LogP contribution in [0.2, 0.25) is 0 Å². The lowest BCUT2D eigenvalue weighted by molar-refractivity contribution is -0.129. The number of nitrogens with zero attached hydrogens (tertiary/aromatic N) is 3. The molecule has 1 atom stereocenters. The number of anilines is 1. The van der Waals surface area contributed by atoms with E-state index in [4.69, 9.17) is 4.52 Å². The van der Waals surface area contributed by atoms with Gasteiger partial charge in [0.2, 0.25) is 17.6 Å². The molecule has 1 aromatic heterocycles. The maximum absolute atomic E-state index is 12.5. The molecule has 32 heavy (non-hydrogen) atoms. The molecule has 2 aliphatic rings. The molecule has 9 heteroatoms. The van der Waals surface area contributed by atoms with Gasteiger partial charge >= 0.3 is 0 Å². The molecule has 2 aromatic carbocycles. The zero-order valence-corrected chi connectivity index (χ0v) is 18.3. The lowest BCUT2D eigenvalue weighted by Gasteiger charge is -2.23. The molecule has 1 aliphatic carbocycles. The summed E-state index contributed by atoms with van der Waals surface area (Å²) in [5.74, 6) is 0.977. The second kappa shape index (κ2) is 8.38. The first-order chi connectivity index (χ1) is 15.5. The van der Waals surface area contributed by atoms with Crippen molar-refractivity contribution in [2.45, 2.75) is 49.0 Å². The highest BCUT2D eigenvalue weighted by Gasteiger charge is 2.38. The number of likely N-dealkylation sites (tertiary alicyclic amines) is 1. The van der Waals surface area contributed by atoms with E-state index in [1.165, 1.54) is 12.8 Å².